The van der Waals surface area contributed by atoms with Crippen molar-refractivity contribution in [1.29, 1.82) is 0 Å². The second-order valence-electron chi connectivity index (χ2n) is 4.66. The van der Waals surface area contributed by atoms with Crippen LogP contribution in [-0.2, 0) is 0 Å². The molecule has 23 heavy (non-hydrogen) atoms. The third-order valence-electron chi connectivity index (χ3n) is 3.06. The number of anilines is 1. The van der Waals surface area contributed by atoms with Crippen LogP contribution in [0.3, 0.4) is 0 Å². The van der Waals surface area contributed by atoms with E-state index in [2.05, 4.69) is 5.32 Å². The molecule has 2 N–H and O–H groups in total. The van der Waals surface area contributed by atoms with E-state index < -0.39 is 10.8 Å². The summed E-state index contributed by atoms with van der Waals surface area (Å²) in [5, 5.41) is 22.8. The first kappa shape index (κ1) is 16.4. The first-order chi connectivity index (χ1) is 10.8. The van der Waals surface area contributed by atoms with Crippen molar-refractivity contribution in [3.63, 3.8) is 0 Å². The summed E-state index contributed by atoms with van der Waals surface area (Å²) in [6.45, 7) is 1.33. The fourth-order valence-corrected chi connectivity index (χ4v) is 2.07. The van der Waals surface area contributed by atoms with E-state index in [4.69, 9.17) is 11.6 Å². The van der Waals surface area contributed by atoms with Crippen LogP contribution in [0.25, 0.3) is 0 Å². The highest BCUT2D eigenvalue weighted by atomic mass is 35.5. The lowest BCUT2D eigenvalue weighted by atomic mass is 10.1. The number of hydrogen-bond acceptors (Lipinski definition) is 5. The van der Waals surface area contributed by atoms with E-state index in [0.717, 1.165) is 6.07 Å². The van der Waals surface area contributed by atoms with Crippen LogP contribution in [-0.4, -0.2) is 21.7 Å². The van der Waals surface area contributed by atoms with Crippen molar-refractivity contribution < 1.29 is 19.6 Å². The molecule has 0 spiro atoms. The number of halogens is 1. The molecular formula is C15H11ClN2O5. The third kappa shape index (κ3) is 3.64. The summed E-state index contributed by atoms with van der Waals surface area (Å²) in [4.78, 5) is 33.6. The second kappa shape index (κ2) is 6.45. The van der Waals surface area contributed by atoms with E-state index >= 15 is 0 Å². The summed E-state index contributed by atoms with van der Waals surface area (Å²) in [5.41, 5.74) is 0.0965. The number of ketones is 1. The van der Waals surface area contributed by atoms with Gasteiger partial charge in [-0.25, -0.2) is 0 Å². The average Bonchev–Trinajstić information content (AvgIpc) is 2.49. The Morgan fingerprint density at radius 3 is 2.48 bits per heavy atom. The van der Waals surface area contributed by atoms with Crippen LogP contribution in [0.4, 0.5) is 11.4 Å². The van der Waals surface area contributed by atoms with Crippen LogP contribution in [0.2, 0.25) is 5.02 Å². The Bertz CT molecular complexity index is 820. The molecule has 7 nitrogen and oxygen atoms in total. The number of aromatic hydroxyl groups is 1. The number of nitro benzene ring substituents is 1. The number of carbonyl (C=O) groups excluding carboxylic acids is 2. The lowest BCUT2D eigenvalue weighted by Crippen LogP contribution is -2.13. The molecule has 2 aromatic carbocycles. The number of carbonyl (C=O) groups is 2. The van der Waals surface area contributed by atoms with Gasteiger partial charge in [0.15, 0.2) is 5.78 Å². The molecule has 0 bridgehead atoms. The Hall–Kier alpha value is -2.93. The minimum Gasteiger partial charge on any atom is -0.507 e. The molecule has 8 heteroatoms. The van der Waals surface area contributed by atoms with Gasteiger partial charge >= 0.3 is 0 Å². The van der Waals surface area contributed by atoms with Gasteiger partial charge in [-0.05, 0) is 31.2 Å². The number of phenolic OH excluding ortho intramolecular Hbond substituents is 1. The normalized spacial score (nSPS) is 10.2. The van der Waals surface area contributed by atoms with Gasteiger partial charge in [-0.1, -0.05) is 11.6 Å². The smallest absolute Gasteiger partial charge is 0.271 e. The number of nitro groups is 1. The molecule has 0 heterocycles. The Balaban J connectivity index is 2.31. The van der Waals surface area contributed by atoms with E-state index in [-0.39, 0.29) is 39.1 Å². The van der Waals surface area contributed by atoms with Crippen LogP contribution >= 0.6 is 11.6 Å². The van der Waals surface area contributed by atoms with Crippen LogP contribution in [0, 0.1) is 10.1 Å². The van der Waals surface area contributed by atoms with Crippen molar-refractivity contribution in [1.82, 2.24) is 0 Å². The molecule has 0 aliphatic rings. The zero-order valence-electron chi connectivity index (χ0n) is 11.9. The number of nitrogens with one attached hydrogen (secondary N) is 1. The molecule has 2 rings (SSSR count). The maximum Gasteiger partial charge on any atom is 0.271 e. The SMILES string of the molecule is CC(=O)c1ccc(O)c(C(=O)Nc2ccc([N+](=O)[O-])cc2Cl)c1. The number of non-ortho nitro benzene ring substituents is 1. The molecular weight excluding hydrogens is 324 g/mol. The van der Waals surface area contributed by atoms with E-state index in [1.807, 2.05) is 0 Å². The summed E-state index contributed by atoms with van der Waals surface area (Å²) < 4.78 is 0. The van der Waals surface area contributed by atoms with Gasteiger partial charge < -0.3 is 10.4 Å². The fraction of sp³-hybridized carbons (Fsp3) is 0.0667. The van der Waals surface area contributed by atoms with Crippen molar-refractivity contribution in [2.45, 2.75) is 6.92 Å². The number of amides is 1. The van der Waals surface area contributed by atoms with Crippen LogP contribution in [0.1, 0.15) is 27.6 Å². The summed E-state index contributed by atoms with van der Waals surface area (Å²) in [6.07, 6.45) is 0. The van der Waals surface area contributed by atoms with Crippen molar-refractivity contribution in [3.8, 4) is 5.75 Å². The Morgan fingerprint density at radius 2 is 1.91 bits per heavy atom. The number of rotatable bonds is 4. The number of Topliss-reactive ketones (excluding diaryl/α,β-unsaturated/α-hetero) is 1. The van der Waals surface area contributed by atoms with Gasteiger partial charge in [0.1, 0.15) is 5.75 Å². The highest BCUT2D eigenvalue weighted by Crippen LogP contribution is 2.28. The molecule has 1 amide bonds. The lowest BCUT2D eigenvalue weighted by Gasteiger charge is -2.09. The summed E-state index contributed by atoms with van der Waals surface area (Å²) in [7, 11) is 0. The van der Waals surface area contributed by atoms with Gasteiger partial charge in [0.2, 0.25) is 0 Å². The topological polar surface area (TPSA) is 110 Å². The van der Waals surface area contributed by atoms with E-state index in [0.29, 0.717) is 0 Å². The quantitative estimate of drug-likeness (QED) is 0.506. The zero-order chi connectivity index (χ0) is 17.1. The van der Waals surface area contributed by atoms with Crippen LogP contribution in [0.5, 0.6) is 5.75 Å². The molecule has 0 radical (unpaired) electrons. The second-order valence-corrected chi connectivity index (χ2v) is 5.07. The summed E-state index contributed by atoms with van der Waals surface area (Å²) in [6, 6.07) is 7.46. The molecule has 0 atom stereocenters. The molecule has 2 aromatic rings. The van der Waals surface area contributed by atoms with Crippen LogP contribution in [0.15, 0.2) is 36.4 Å². The Kier molecular flexibility index (Phi) is 4.61. The summed E-state index contributed by atoms with van der Waals surface area (Å²) >= 11 is 5.89. The van der Waals surface area contributed by atoms with Gasteiger partial charge in [-0.3, -0.25) is 19.7 Å². The number of nitrogens with zero attached hydrogens (tertiary/aromatic N) is 1. The van der Waals surface area contributed by atoms with Gasteiger partial charge in [-0.15, -0.1) is 0 Å². The molecule has 0 aliphatic heterocycles. The van der Waals surface area contributed by atoms with Crippen molar-refractivity contribution in [2.24, 2.45) is 0 Å². The highest BCUT2D eigenvalue weighted by molar-refractivity contribution is 6.34. The van der Waals surface area contributed by atoms with Crippen molar-refractivity contribution in [3.05, 3.63) is 62.7 Å². The largest absolute Gasteiger partial charge is 0.507 e. The van der Waals surface area contributed by atoms with E-state index in [9.17, 15) is 24.8 Å². The Morgan fingerprint density at radius 1 is 1.22 bits per heavy atom. The molecule has 0 saturated heterocycles. The summed E-state index contributed by atoms with van der Waals surface area (Å²) in [5.74, 6) is -1.25. The lowest BCUT2D eigenvalue weighted by molar-refractivity contribution is -0.384. The predicted octanol–water partition coefficient (Wildman–Crippen LogP) is 3.41. The van der Waals surface area contributed by atoms with Crippen molar-refractivity contribution in [2.75, 3.05) is 5.32 Å². The van der Waals surface area contributed by atoms with E-state index in [1.54, 1.807) is 0 Å². The van der Waals surface area contributed by atoms with Crippen LogP contribution < -0.4 is 5.32 Å². The minimum atomic E-state index is -0.693. The monoisotopic (exact) mass is 334 g/mol. The zero-order valence-corrected chi connectivity index (χ0v) is 12.6. The number of hydrogen-bond donors (Lipinski definition) is 2. The van der Waals surface area contributed by atoms with Gasteiger partial charge in [0.25, 0.3) is 11.6 Å². The Labute approximate surface area is 135 Å². The van der Waals surface area contributed by atoms with Gasteiger partial charge in [0, 0.05) is 17.7 Å². The molecule has 0 fully saturated rings. The molecule has 0 unspecified atom stereocenters. The third-order valence-corrected chi connectivity index (χ3v) is 3.37. The van der Waals surface area contributed by atoms with Gasteiger partial charge in [0.05, 0.1) is 21.2 Å². The fourth-order valence-electron chi connectivity index (χ4n) is 1.85. The van der Waals surface area contributed by atoms with Crippen molar-refractivity contribution >= 4 is 34.7 Å². The molecule has 0 saturated carbocycles. The molecule has 0 aromatic heterocycles. The first-order valence-electron chi connectivity index (χ1n) is 6.39. The minimum absolute atomic E-state index is 0.0187. The van der Waals surface area contributed by atoms with E-state index in [1.165, 1.54) is 37.3 Å². The van der Waals surface area contributed by atoms with Gasteiger partial charge in [-0.2, -0.15) is 0 Å². The maximum absolute atomic E-state index is 12.2. The molecule has 0 aliphatic carbocycles. The first-order valence-corrected chi connectivity index (χ1v) is 6.76. The number of phenols is 1. The molecule has 118 valence electrons. The average molecular weight is 335 g/mol. The number of benzene rings is 2. The standard InChI is InChI=1S/C15H11ClN2O5/c1-8(19)9-2-5-14(20)11(6-9)15(21)17-13-4-3-10(18(22)23)7-12(13)16/h2-7,20H,1H3,(H,17,21). The maximum atomic E-state index is 12.2. The predicted molar refractivity (Wildman–Crippen MR) is 84.2 cm³/mol. The highest BCUT2D eigenvalue weighted by Gasteiger charge is 2.16.